The summed E-state index contributed by atoms with van der Waals surface area (Å²) in [4.78, 5) is 4.32. The zero-order valence-electron chi connectivity index (χ0n) is 7.99. The van der Waals surface area contributed by atoms with Gasteiger partial charge in [-0.3, -0.25) is 4.98 Å². The molecule has 2 nitrogen and oxygen atoms in total. The van der Waals surface area contributed by atoms with Crippen LogP contribution in [0.5, 0.6) is 0 Å². The first kappa shape index (κ1) is 8.75. The van der Waals surface area contributed by atoms with Gasteiger partial charge in [0.05, 0.1) is 11.4 Å². The minimum atomic E-state index is 0.530. The van der Waals surface area contributed by atoms with Gasteiger partial charge in [0, 0.05) is 11.8 Å². The van der Waals surface area contributed by atoms with E-state index in [1.165, 1.54) is 0 Å². The number of aromatic nitrogens is 1. The summed E-state index contributed by atoms with van der Waals surface area (Å²) >= 11 is 0. The van der Waals surface area contributed by atoms with Crippen LogP contribution in [0.4, 0.5) is 5.69 Å². The quantitative estimate of drug-likeness (QED) is 0.669. The largest absolute Gasteiger partial charge is 0.301 e. The van der Waals surface area contributed by atoms with Gasteiger partial charge in [-0.25, -0.2) is 0 Å². The Kier molecular flexibility index (Phi) is 2.19. The van der Waals surface area contributed by atoms with Gasteiger partial charge in [0.15, 0.2) is 0 Å². The van der Waals surface area contributed by atoms with Crippen LogP contribution in [0.2, 0.25) is 0 Å². The summed E-state index contributed by atoms with van der Waals surface area (Å²) in [5.74, 6) is 0. The Morgan fingerprint density at radius 3 is 2.43 bits per heavy atom. The zero-order valence-corrected chi connectivity index (χ0v) is 7.99. The number of nitrogens with zero attached hydrogens (tertiary/aromatic N) is 1. The van der Waals surface area contributed by atoms with E-state index in [4.69, 9.17) is 5.73 Å². The molecular formula is C12H11N2. The second kappa shape index (κ2) is 3.50. The van der Waals surface area contributed by atoms with Gasteiger partial charge in [-0.1, -0.05) is 18.2 Å². The van der Waals surface area contributed by atoms with E-state index in [0.717, 1.165) is 16.8 Å². The molecule has 1 radical (unpaired) electrons. The molecule has 69 valence electrons. The third kappa shape index (κ3) is 1.59. The topological polar surface area (TPSA) is 36.7 Å². The Hall–Kier alpha value is -1.83. The van der Waals surface area contributed by atoms with Crippen LogP contribution in [0.15, 0.2) is 42.6 Å². The number of hydrogen-bond acceptors (Lipinski definition) is 1. The molecule has 0 aliphatic rings. The summed E-state index contributed by atoms with van der Waals surface area (Å²) in [5, 5.41) is 0. The molecule has 1 heterocycles. The molecule has 2 heteroatoms. The molecule has 0 saturated heterocycles. The van der Waals surface area contributed by atoms with E-state index in [2.05, 4.69) is 4.98 Å². The molecule has 2 aromatic rings. The van der Waals surface area contributed by atoms with Crippen molar-refractivity contribution in [3.63, 3.8) is 0 Å². The Morgan fingerprint density at radius 1 is 1.07 bits per heavy atom. The summed E-state index contributed by atoms with van der Waals surface area (Å²) in [5.41, 5.74) is 11.1. The van der Waals surface area contributed by atoms with Gasteiger partial charge < -0.3 is 5.73 Å². The molecule has 0 saturated carbocycles. The molecule has 2 rings (SSSR count). The predicted octanol–water partition coefficient (Wildman–Crippen LogP) is 2.97. The van der Waals surface area contributed by atoms with E-state index < -0.39 is 0 Å². The van der Waals surface area contributed by atoms with Crippen molar-refractivity contribution in [3.05, 3.63) is 48.2 Å². The first-order valence-electron chi connectivity index (χ1n) is 4.51. The zero-order chi connectivity index (χ0) is 9.97. The maximum absolute atomic E-state index is 7.39. The molecule has 1 aromatic carbocycles. The Morgan fingerprint density at radius 2 is 1.79 bits per heavy atom. The molecule has 0 amide bonds. The van der Waals surface area contributed by atoms with Crippen LogP contribution in [0, 0.1) is 6.92 Å². The summed E-state index contributed by atoms with van der Waals surface area (Å²) in [6.07, 6.45) is 1.79. The molecule has 0 atom stereocenters. The fourth-order valence-electron chi connectivity index (χ4n) is 1.42. The highest BCUT2D eigenvalue weighted by atomic mass is 14.7. The van der Waals surface area contributed by atoms with Crippen molar-refractivity contribution in [1.29, 1.82) is 0 Å². The molecule has 0 aliphatic carbocycles. The average molecular weight is 183 g/mol. The average Bonchev–Trinajstić information content (AvgIpc) is 2.20. The maximum Gasteiger partial charge on any atom is 0.0731 e. The van der Waals surface area contributed by atoms with E-state index in [0.29, 0.717) is 5.69 Å². The van der Waals surface area contributed by atoms with E-state index in [9.17, 15) is 0 Å². The lowest BCUT2D eigenvalue weighted by Gasteiger charge is -2.03. The van der Waals surface area contributed by atoms with Crippen LogP contribution in [0.1, 0.15) is 5.56 Å². The molecule has 0 bridgehead atoms. The molecule has 0 unspecified atom stereocenters. The number of pyridine rings is 1. The Labute approximate surface area is 83.4 Å². The van der Waals surface area contributed by atoms with Crippen LogP contribution < -0.4 is 5.73 Å². The van der Waals surface area contributed by atoms with Gasteiger partial charge >= 0.3 is 0 Å². The fourth-order valence-corrected chi connectivity index (χ4v) is 1.42. The highest BCUT2D eigenvalue weighted by Gasteiger charge is 2.01. The lowest BCUT2D eigenvalue weighted by Crippen LogP contribution is -1.86. The third-order valence-electron chi connectivity index (χ3n) is 2.17. The lowest BCUT2D eigenvalue weighted by molar-refractivity contribution is 1.27. The molecule has 1 aromatic heterocycles. The van der Waals surface area contributed by atoms with Gasteiger partial charge in [-0.2, -0.15) is 0 Å². The summed E-state index contributed by atoms with van der Waals surface area (Å²) in [6, 6.07) is 11.4. The van der Waals surface area contributed by atoms with Gasteiger partial charge in [0.1, 0.15) is 0 Å². The van der Waals surface area contributed by atoms with Gasteiger partial charge in [0.25, 0.3) is 0 Å². The second-order valence-corrected chi connectivity index (χ2v) is 3.25. The van der Waals surface area contributed by atoms with Crippen LogP contribution in [-0.4, -0.2) is 4.98 Å². The molecule has 0 fully saturated rings. The van der Waals surface area contributed by atoms with E-state index >= 15 is 0 Å². The SMILES string of the molecule is Cc1cccnc1-c1ccc([NH])cc1. The minimum Gasteiger partial charge on any atom is -0.301 e. The maximum atomic E-state index is 7.39. The smallest absolute Gasteiger partial charge is 0.0731 e. The third-order valence-corrected chi connectivity index (χ3v) is 2.17. The molecule has 0 spiro atoms. The van der Waals surface area contributed by atoms with Crippen molar-refractivity contribution in [2.24, 2.45) is 0 Å². The van der Waals surface area contributed by atoms with E-state index in [1.807, 2.05) is 31.2 Å². The first-order chi connectivity index (χ1) is 6.77. The summed E-state index contributed by atoms with van der Waals surface area (Å²) < 4.78 is 0. The van der Waals surface area contributed by atoms with Crippen LogP contribution in [0.25, 0.3) is 11.3 Å². The van der Waals surface area contributed by atoms with Crippen LogP contribution in [-0.2, 0) is 0 Å². The number of aryl methyl sites for hydroxylation is 1. The van der Waals surface area contributed by atoms with Gasteiger partial charge in [-0.05, 0) is 30.7 Å². The van der Waals surface area contributed by atoms with Crippen LogP contribution in [0.3, 0.4) is 0 Å². The van der Waals surface area contributed by atoms with E-state index in [1.54, 1.807) is 18.3 Å². The predicted molar refractivity (Wildman–Crippen MR) is 57.2 cm³/mol. The highest BCUT2D eigenvalue weighted by Crippen LogP contribution is 2.21. The monoisotopic (exact) mass is 183 g/mol. The number of rotatable bonds is 1. The van der Waals surface area contributed by atoms with Crippen molar-refractivity contribution in [1.82, 2.24) is 10.7 Å². The summed E-state index contributed by atoms with van der Waals surface area (Å²) in [6.45, 7) is 2.04. The lowest BCUT2D eigenvalue weighted by atomic mass is 10.1. The Balaban J connectivity index is 2.50. The molecule has 0 aliphatic heterocycles. The van der Waals surface area contributed by atoms with Gasteiger partial charge in [0.2, 0.25) is 0 Å². The van der Waals surface area contributed by atoms with Crippen molar-refractivity contribution < 1.29 is 0 Å². The van der Waals surface area contributed by atoms with Crippen molar-refractivity contribution in [2.75, 3.05) is 0 Å². The van der Waals surface area contributed by atoms with Crippen molar-refractivity contribution >= 4 is 5.69 Å². The number of nitrogens with one attached hydrogen (secondary N) is 1. The number of benzene rings is 1. The summed E-state index contributed by atoms with van der Waals surface area (Å²) in [7, 11) is 0. The molecular weight excluding hydrogens is 172 g/mol. The van der Waals surface area contributed by atoms with Crippen LogP contribution >= 0.6 is 0 Å². The fraction of sp³-hybridized carbons (Fsp3) is 0.0833. The second-order valence-electron chi connectivity index (χ2n) is 3.25. The minimum absolute atomic E-state index is 0.530. The Bertz CT molecular complexity index is 432. The van der Waals surface area contributed by atoms with Gasteiger partial charge in [-0.15, -0.1) is 0 Å². The molecule has 1 N–H and O–H groups in total. The van der Waals surface area contributed by atoms with Crippen molar-refractivity contribution in [2.45, 2.75) is 6.92 Å². The highest BCUT2D eigenvalue weighted by molar-refractivity contribution is 5.64. The standard InChI is InChI=1S/C12H11N2/c1-9-3-2-8-14-12(9)10-4-6-11(13)7-5-10/h2-8,13H,1H3. The first-order valence-corrected chi connectivity index (χ1v) is 4.51. The van der Waals surface area contributed by atoms with Crippen molar-refractivity contribution in [3.8, 4) is 11.3 Å². The van der Waals surface area contributed by atoms with E-state index in [-0.39, 0.29) is 0 Å². The normalized spacial score (nSPS) is 10.1. The number of hydrogen-bond donors (Lipinski definition) is 0. The molecule has 14 heavy (non-hydrogen) atoms.